The SMILES string of the molecule is Cc1cc(CC(=O)c2ccc(N)cc2)ccc1-c1ccc(NC(=O)c2ccc(N)cc2)cc1C(F)(F)F. The van der Waals surface area contributed by atoms with E-state index in [-0.39, 0.29) is 29.0 Å². The standard InChI is InChI=1S/C29H24F3N3O2/c1-17-14-18(15-27(36)19-3-7-21(33)8-4-19)2-12-24(17)25-13-11-23(16-26(25)29(30,31)32)35-28(37)20-5-9-22(34)10-6-20/h2-14,16H,15,33-34H2,1H3,(H,35,37). The van der Waals surface area contributed by atoms with Crippen molar-refractivity contribution in [3.63, 3.8) is 0 Å². The minimum Gasteiger partial charge on any atom is -0.399 e. The Labute approximate surface area is 211 Å². The van der Waals surface area contributed by atoms with E-state index in [0.29, 0.717) is 33.6 Å². The third-order valence-corrected chi connectivity index (χ3v) is 5.93. The van der Waals surface area contributed by atoms with Crippen molar-refractivity contribution in [1.29, 1.82) is 0 Å². The molecule has 0 radical (unpaired) electrons. The van der Waals surface area contributed by atoms with Crippen LogP contribution in [0.1, 0.15) is 37.4 Å². The van der Waals surface area contributed by atoms with Crippen molar-refractivity contribution in [2.24, 2.45) is 0 Å². The zero-order chi connectivity index (χ0) is 26.7. The molecule has 5 N–H and O–H groups in total. The third-order valence-electron chi connectivity index (χ3n) is 5.93. The van der Waals surface area contributed by atoms with Crippen molar-refractivity contribution in [1.82, 2.24) is 0 Å². The molecule has 0 unspecified atom stereocenters. The van der Waals surface area contributed by atoms with Gasteiger partial charge in [0.25, 0.3) is 5.91 Å². The van der Waals surface area contributed by atoms with Gasteiger partial charge in [-0.2, -0.15) is 13.2 Å². The summed E-state index contributed by atoms with van der Waals surface area (Å²) in [7, 11) is 0. The van der Waals surface area contributed by atoms with Gasteiger partial charge in [0, 0.05) is 34.6 Å². The molecule has 0 saturated heterocycles. The number of halogens is 3. The van der Waals surface area contributed by atoms with Gasteiger partial charge in [-0.25, -0.2) is 0 Å². The van der Waals surface area contributed by atoms with Crippen LogP contribution in [0.2, 0.25) is 0 Å². The molecular formula is C29H24F3N3O2. The van der Waals surface area contributed by atoms with Crippen LogP contribution in [0.15, 0.2) is 84.9 Å². The number of rotatable bonds is 6. The highest BCUT2D eigenvalue weighted by atomic mass is 19.4. The fourth-order valence-corrected chi connectivity index (χ4v) is 4.02. The van der Waals surface area contributed by atoms with E-state index in [1.807, 2.05) is 0 Å². The summed E-state index contributed by atoms with van der Waals surface area (Å²) in [6.45, 7) is 1.70. The second kappa shape index (κ2) is 10.2. The number of benzene rings is 4. The van der Waals surface area contributed by atoms with Gasteiger partial charge in [0.2, 0.25) is 0 Å². The maximum Gasteiger partial charge on any atom is 0.417 e. The summed E-state index contributed by atoms with van der Waals surface area (Å²) in [6, 6.07) is 21.2. The largest absolute Gasteiger partial charge is 0.417 e. The molecule has 0 saturated carbocycles. The van der Waals surface area contributed by atoms with E-state index in [0.717, 1.165) is 6.07 Å². The fraction of sp³-hybridized carbons (Fsp3) is 0.103. The van der Waals surface area contributed by atoms with Crippen molar-refractivity contribution >= 4 is 28.8 Å². The van der Waals surface area contributed by atoms with Crippen LogP contribution in [-0.4, -0.2) is 11.7 Å². The van der Waals surface area contributed by atoms with Gasteiger partial charge in [-0.15, -0.1) is 0 Å². The van der Waals surface area contributed by atoms with Crippen LogP contribution in [0, 0.1) is 6.92 Å². The first-order valence-corrected chi connectivity index (χ1v) is 11.4. The van der Waals surface area contributed by atoms with Gasteiger partial charge in [0.1, 0.15) is 0 Å². The molecule has 4 rings (SSSR count). The number of amides is 1. The Morgan fingerprint density at radius 3 is 1.89 bits per heavy atom. The average Bonchev–Trinajstić information content (AvgIpc) is 2.84. The van der Waals surface area contributed by atoms with Crippen molar-refractivity contribution < 1.29 is 22.8 Å². The smallest absolute Gasteiger partial charge is 0.399 e. The number of nitrogen functional groups attached to an aromatic ring is 2. The van der Waals surface area contributed by atoms with Gasteiger partial charge >= 0.3 is 6.18 Å². The van der Waals surface area contributed by atoms with Crippen LogP contribution in [0.3, 0.4) is 0 Å². The number of ketones is 1. The molecule has 0 spiro atoms. The highest BCUT2D eigenvalue weighted by molar-refractivity contribution is 6.04. The number of nitrogens with one attached hydrogen (secondary N) is 1. The zero-order valence-corrected chi connectivity index (χ0v) is 19.9. The average molecular weight is 504 g/mol. The van der Waals surface area contributed by atoms with Gasteiger partial charge in [-0.3, -0.25) is 9.59 Å². The number of aryl methyl sites for hydroxylation is 1. The zero-order valence-electron chi connectivity index (χ0n) is 19.9. The molecule has 0 aliphatic heterocycles. The number of carbonyl (C=O) groups excluding carboxylic acids is 2. The Bertz CT molecular complexity index is 1460. The third kappa shape index (κ3) is 5.98. The second-order valence-corrected chi connectivity index (χ2v) is 8.71. The fourth-order valence-electron chi connectivity index (χ4n) is 4.02. The van der Waals surface area contributed by atoms with Crippen LogP contribution >= 0.6 is 0 Å². The Hall–Kier alpha value is -4.59. The van der Waals surface area contributed by atoms with Crippen molar-refractivity contribution in [3.05, 3.63) is 113 Å². The van der Waals surface area contributed by atoms with Crippen LogP contribution < -0.4 is 16.8 Å². The highest BCUT2D eigenvalue weighted by Gasteiger charge is 2.34. The topological polar surface area (TPSA) is 98.2 Å². The second-order valence-electron chi connectivity index (χ2n) is 8.71. The summed E-state index contributed by atoms with van der Waals surface area (Å²) < 4.78 is 42.1. The van der Waals surface area contributed by atoms with Gasteiger partial charge in [0.15, 0.2) is 5.78 Å². The van der Waals surface area contributed by atoms with Crippen molar-refractivity contribution in [3.8, 4) is 11.1 Å². The summed E-state index contributed by atoms with van der Waals surface area (Å²) in [4.78, 5) is 25.1. The van der Waals surface area contributed by atoms with E-state index in [1.165, 1.54) is 36.4 Å². The van der Waals surface area contributed by atoms with Gasteiger partial charge in [0.05, 0.1) is 5.56 Å². The summed E-state index contributed by atoms with van der Waals surface area (Å²) in [5.74, 6) is -0.670. The number of Topliss-reactive ketones (excluding diaryl/α,β-unsaturated/α-hetero) is 1. The lowest BCUT2D eigenvalue weighted by Gasteiger charge is -2.17. The van der Waals surface area contributed by atoms with Crippen LogP contribution in [0.25, 0.3) is 11.1 Å². The number of carbonyl (C=O) groups is 2. The lowest BCUT2D eigenvalue weighted by molar-refractivity contribution is -0.137. The normalized spacial score (nSPS) is 11.2. The lowest BCUT2D eigenvalue weighted by atomic mass is 9.92. The maximum atomic E-state index is 14.0. The molecular weight excluding hydrogens is 479 g/mol. The molecule has 188 valence electrons. The van der Waals surface area contributed by atoms with Gasteiger partial charge < -0.3 is 16.8 Å². The van der Waals surface area contributed by atoms with E-state index in [2.05, 4.69) is 5.32 Å². The molecule has 4 aromatic carbocycles. The van der Waals surface area contributed by atoms with E-state index in [4.69, 9.17) is 11.5 Å². The number of hydrogen-bond donors (Lipinski definition) is 3. The minimum atomic E-state index is -4.66. The molecule has 0 aromatic heterocycles. The molecule has 0 heterocycles. The first-order chi connectivity index (χ1) is 17.5. The number of alkyl halides is 3. The van der Waals surface area contributed by atoms with E-state index in [9.17, 15) is 22.8 Å². The van der Waals surface area contributed by atoms with E-state index in [1.54, 1.807) is 49.4 Å². The van der Waals surface area contributed by atoms with E-state index >= 15 is 0 Å². The predicted octanol–water partition coefficient (Wildman–Crippen LogP) is 6.52. The number of nitrogens with two attached hydrogens (primary N) is 2. The Balaban J connectivity index is 1.60. The molecule has 1 amide bonds. The van der Waals surface area contributed by atoms with Crippen LogP contribution in [-0.2, 0) is 12.6 Å². The molecule has 0 aliphatic rings. The molecule has 0 fully saturated rings. The molecule has 0 bridgehead atoms. The first-order valence-electron chi connectivity index (χ1n) is 11.4. The number of hydrogen-bond acceptors (Lipinski definition) is 4. The van der Waals surface area contributed by atoms with Crippen molar-refractivity contribution in [2.75, 3.05) is 16.8 Å². The lowest BCUT2D eigenvalue weighted by Crippen LogP contribution is -2.14. The molecule has 37 heavy (non-hydrogen) atoms. The molecule has 5 nitrogen and oxygen atoms in total. The van der Waals surface area contributed by atoms with Crippen LogP contribution in [0.4, 0.5) is 30.2 Å². The first kappa shape index (κ1) is 25.5. The minimum absolute atomic E-state index is 0.0151. The summed E-state index contributed by atoms with van der Waals surface area (Å²) in [5.41, 5.74) is 13.8. The molecule has 4 aromatic rings. The highest BCUT2D eigenvalue weighted by Crippen LogP contribution is 2.40. The summed E-state index contributed by atoms with van der Waals surface area (Å²) in [6.07, 6.45) is -4.55. The van der Waals surface area contributed by atoms with Crippen molar-refractivity contribution in [2.45, 2.75) is 19.5 Å². The summed E-state index contributed by atoms with van der Waals surface area (Å²) >= 11 is 0. The Morgan fingerprint density at radius 1 is 0.757 bits per heavy atom. The Morgan fingerprint density at radius 2 is 1.32 bits per heavy atom. The Kier molecular flexibility index (Phi) is 7.02. The number of anilines is 3. The molecule has 0 aliphatic carbocycles. The van der Waals surface area contributed by atoms with Crippen LogP contribution in [0.5, 0.6) is 0 Å². The monoisotopic (exact) mass is 503 g/mol. The summed E-state index contributed by atoms with van der Waals surface area (Å²) in [5, 5.41) is 2.51. The van der Waals surface area contributed by atoms with Gasteiger partial charge in [-0.1, -0.05) is 24.3 Å². The van der Waals surface area contributed by atoms with Gasteiger partial charge in [-0.05, 0) is 89.8 Å². The van der Waals surface area contributed by atoms with E-state index < -0.39 is 17.6 Å². The predicted molar refractivity (Wildman–Crippen MR) is 139 cm³/mol. The maximum absolute atomic E-state index is 14.0. The quantitative estimate of drug-likeness (QED) is 0.206. The molecule has 8 heteroatoms. The molecule has 0 atom stereocenters.